The van der Waals surface area contributed by atoms with E-state index in [0.29, 0.717) is 11.8 Å². The highest BCUT2D eigenvalue weighted by molar-refractivity contribution is 8.15. The molecule has 0 rings (SSSR count). The van der Waals surface area contributed by atoms with Crippen LogP contribution in [0.25, 0.3) is 0 Å². The van der Waals surface area contributed by atoms with Gasteiger partial charge in [0.25, 0.3) is 0 Å². The van der Waals surface area contributed by atoms with Crippen LogP contribution in [0.5, 0.6) is 0 Å². The number of aliphatic carboxylic acids is 1. The highest BCUT2D eigenvalue weighted by Crippen LogP contribution is 2.25. The van der Waals surface area contributed by atoms with E-state index in [0.717, 1.165) is 11.8 Å². The Morgan fingerprint density at radius 1 is 1.12 bits per heavy atom. The van der Waals surface area contributed by atoms with Crippen molar-refractivity contribution in [3.63, 3.8) is 0 Å². The first-order valence-corrected chi connectivity index (χ1v) is 9.36. The Hall–Kier alpha value is -1.75. The van der Waals surface area contributed by atoms with Crippen LogP contribution in [0, 0.1) is 5.92 Å². The molecule has 0 radical (unpaired) electrons. The average molecular weight is 409 g/mol. The standard InChI is InChI=1S/C15H23NO8S2/c1-8(2)12(20)23-7-24-14(22)25-6-10(11(18)19)16-13(21)15(4,5)26-9(3)17/h8,10H,6-7H2,1-5H3,(H,16,21)(H,18,19)/t10-/m0/s1. The number of carbonyl (C=O) groups is 5. The normalized spacial score (nSPS) is 12.2. The van der Waals surface area contributed by atoms with Gasteiger partial charge in [-0.2, -0.15) is 0 Å². The van der Waals surface area contributed by atoms with Crippen LogP contribution in [0.2, 0.25) is 0 Å². The monoisotopic (exact) mass is 409 g/mol. The number of nitrogens with one attached hydrogen (secondary N) is 1. The zero-order chi connectivity index (χ0) is 20.5. The third kappa shape index (κ3) is 9.66. The van der Waals surface area contributed by atoms with Crippen molar-refractivity contribution in [1.29, 1.82) is 0 Å². The first-order valence-electron chi connectivity index (χ1n) is 7.56. The van der Waals surface area contributed by atoms with Crippen LogP contribution in [0.3, 0.4) is 0 Å². The van der Waals surface area contributed by atoms with Crippen molar-refractivity contribution in [3.05, 3.63) is 0 Å². The molecule has 0 aliphatic carbocycles. The number of amides is 1. The summed E-state index contributed by atoms with van der Waals surface area (Å²) in [4.78, 5) is 57.3. The Labute approximate surface area is 159 Å². The molecule has 0 heterocycles. The SMILES string of the molecule is CC(=O)SC(C)(C)C(=O)N[C@@H](CSC(=O)OCOC(=O)C(C)C)C(=O)O. The van der Waals surface area contributed by atoms with Crippen LogP contribution < -0.4 is 5.32 Å². The highest BCUT2D eigenvalue weighted by Gasteiger charge is 2.33. The zero-order valence-corrected chi connectivity index (χ0v) is 16.8. The minimum atomic E-state index is -1.36. The average Bonchev–Trinajstić information content (AvgIpc) is 2.49. The fraction of sp³-hybridized carbons (Fsp3) is 0.667. The summed E-state index contributed by atoms with van der Waals surface area (Å²) in [5.74, 6) is -3.19. The highest BCUT2D eigenvalue weighted by atomic mass is 32.2. The molecule has 0 aromatic heterocycles. The Morgan fingerprint density at radius 2 is 1.69 bits per heavy atom. The first-order chi connectivity index (χ1) is 11.9. The van der Waals surface area contributed by atoms with E-state index in [-0.39, 0.29) is 16.8 Å². The molecular weight excluding hydrogens is 386 g/mol. The summed E-state index contributed by atoms with van der Waals surface area (Å²) in [6.45, 7) is 6.92. The predicted molar refractivity (Wildman–Crippen MR) is 96.7 cm³/mol. The van der Waals surface area contributed by atoms with E-state index in [4.69, 9.17) is 5.11 Å². The summed E-state index contributed by atoms with van der Waals surface area (Å²) in [5, 5.41) is 10.3. The van der Waals surface area contributed by atoms with Crippen molar-refractivity contribution < 1.29 is 38.6 Å². The lowest BCUT2D eigenvalue weighted by molar-refractivity contribution is -0.155. The van der Waals surface area contributed by atoms with Gasteiger partial charge in [0.05, 0.1) is 10.7 Å². The van der Waals surface area contributed by atoms with Crippen molar-refractivity contribution >= 4 is 51.8 Å². The molecule has 0 aromatic carbocycles. The van der Waals surface area contributed by atoms with Crippen LogP contribution in [0.1, 0.15) is 34.6 Å². The van der Waals surface area contributed by atoms with Crippen molar-refractivity contribution in [2.75, 3.05) is 12.5 Å². The van der Waals surface area contributed by atoms with E-state index in [1.165, 1.54) is 20.8 Å². The van der Waals surface area contributed by atoms with Gasteiger partial charge >= 0.3 is 17.2 Å². The van der Waals surface area contributed by atoms with E-state index in [1.807, 2.05) is 0 Å². The summed E-state index contributed by atoms with van der Waals surface area (Å²) < 4.78 is 8.15. The lowest BCUT2D eigenvalue weighted by Crippen LogP contribution is -2.49. The maximum absolute atomic E-state index is 12.1. The van der Waals surface area contributed by atoms with Gasteiger partial charge in [-0.15, -0.1) is 0 Å². The lowest BCUT2D eigenvalue weighted by atomic mass is 10.2. The van der Waals surface area contributed by atoms with Crippen LogP contribution in [0.4, 0.5) is 4.79 Å². The number of carboxylic acid groups (broad SMARTS) is 1. The topological polar surface area (TPSA) is 136 Å². The molecule has 0 saturated heterocycles. The van der Waals surface area contributed by atoms with E-state index >= 15 is 0 Å². The van der Waals surface area contributed by atoms with Crippen LogP contribution in [0.15, 0.2) is 0 Å². The van der Waals surface area contributed by atoms with E-state index < -0.39 is 40.7 Å². The molecule has 2 N–H and O–H groups in total. The molecule has 1 atom stereocenters. The molecule has 0 aromatic rings. The fourth-order valence-electron chi connectivity index (χ4n) is 1.41. The fourth-order valence-corrected chi connectivity index (χ4v) is 2.94. The number of carbonyl (C=O) groups excluding carboxylic acids is 4. The van der Waals surface area contributed by atoms with E-state index in [2.05, 4.69) is 14.8 Å². The van der Waals surface area contributed by atoms with Gasteiger partial charge in [0.2, 0.25) is 12.7 Å². The van der Waals surface area contributed by atoms with Crippen molar-refractivity contribution in [1.82, 2.24) is 5.32 Å². The van der Waals surface area contributed by atoms with E-state index in [1.54, 1.807) is 13.8 Å². The molecule has 0 unspecified atom stereocenters. The number of carboxylic acids is 1. The van der Waals surface area contributed by atoms with Gasteiger partial charge in [-0.3, -0.25) is 14.4 Å². The molecule has 0 aliphatic rings. The number of ether oxygens (including phenoxy) is 2. The minimum absolute atomic E-state index is 0.286. The Morgan fingerprint density at radius 3 is 2.15 bits per heavy atom. The molecule has 11 heteroatoms. The molecular formula is C15H23NO8S2. The summed E-state index contributed by atoms with van der Waals surface area (Å²) in [5.41, 5.74) is 0. The molecule has 9 nitrogen and oxygen atoms in total. The first kappa shape index (κ1) is 24.2. The van der Waals surface area contributed by atoms with Gasteiger partial charge in [0.15, 0.2) is 5.12 Å². The smallest absolute Gasteiger partial charge is 0.370 e. The van der Waals surface area contributed by atoms with Gasteiger partial charge in [-0.05, 0) is 25.6 Å². The number of hydrogen-bond donors (Lipinski definition) is 2. The summed E-state index contributed by atoms with van der Waals surface area (Å²) in [6.07, 6.45) is 0. The Bertz CT molecular complexity index is 562. The summed E-state index contributed by atoms with van der Waals surface area (Å²) in [7, 11) is 0. The van der Waals surface area contributed by atoms with Crippen molar-refractivity contribution in [2.45, 2.75) is 45.4 Å². The second-order valence-corrected chi connectivity index (χ2v) is 8.66. The lowest BCUT2D eigenvalue weighted by Gasteiger charge is -2.24. The predicted octanol–water partition coefficient (Wildman–Crippen LogP) is 1.64. The largest absolute Gasteiger partial charge is 0.480 e. The molecule has 0 aliphatic heterocycles. The van der Waals surface area contributed by atoms with Crippen LogP contribution in [-0.2, 0) is 28.7 Å². The number of rotatable bonds is 9. The van der Waals surface area contributed by atoms with Gasteiger partial charge in [0, 0.05) is 12.7 Å². The maximum Gasteiger partial charge on any atom is 0.370 e. The molecule has 1 amide bonds. The zero-order valence-electron chi connectivity index (χ0n) is 15.2. The number of esters is 1. The van der Waals surface area contributed by atoms with Crippen molar-refractivity contribution in [3.8, 4) is 0 Å². The molecule has 148 valence electrons. The Kier molecular flexibility index (Phi) is 10.3. The number of thioether (sulfide) groups is 2. The van der Waals surface area contributed by atoms with Gasteiger partial charge in [-0.25, -0.2) is 9.59 Å². The number of hydrogen-bond acceptors (Lipinski definition) is 9. The maximum atomic E-state index is 12.1. The molecule has 0 spiro atoms. The minimum Gasteiger partial charge on any atom is -0.480 e. The molecule has 0 saturated carbocycles. The van der Waals surface area contributed by atoms with Crippen LogP contribution in [-0.4, -0.2) is 56.7 Å². The van der Waals surface area contributed by atoms with Gasteiger partial charge in [-0.1, -0.05) is 25.6 Å². The summed E-state index contributed by atoms with van der Waals surface area (Å²) >= 11 is 1.29. The Balaban J connectivity index is 4.50. The quantitative estimate of drug-likeness (QED) is 0.427. The third-order valence-electron chi connectivity index (χ3n) is 2.77. The molecule has 26 heavy (non-hydrogen) atoms. The van der Waals surface area contributed by atoms with E-state index in [9.17, 15) is 24.0 Å². The molecule has 0 bridgehead atoms. The second kappa shape index (κ2) is 11.1. The van der Waals surface area contributed by atoms with Crippen molar-refractivity contribution in [2.24, 2.45) is 5.92 Å². The summed E-state index contributed by atoms with van der Waals surface area (Å²) in [6, 6.07) is -1.36. The second-order valence-electron chi connectivity index (χ2n) is 5.91. The van der Waals surface area contributed by atoms with Gasteiger partial charge in [0.1, 0.15) is 6.04 Å². The van der Waals surface area contributed by atoms with Gasteiger partial charge < -0.3 is 19.9 Å². The van der Waals surface area contributed by atoms with Crippen LogP contribution >= 0.6 is 23.5 Å². The molecule has 0 fully saturated rings. The third-order valence-corrected chi connectivity index (χ3v) is 4.60.